The van der Waals surface area contributed by atoms with E-state index in [0.29, 0.717) is 0 Å². The summed E-state index contributed by atoms with van der Waals surface area (Å²) in [4.78, 5) is 11.7. The van der Waals surface area contributed by atoms with Gasteiger partial charge in [-0.15, -0.1) is 0 Å². The molecule has 2 amide bonds. The van der Waals surface area contributed by atoms with Crippen LogP contribution in [0.4, 0.5) is 4.79 Å². The zero-order chi connectivity index (χ0) is 12.6. The van der Waals surface area contributed by atoms with E-state index in [9.17, 15) is 4.79 Å². The molecule has 0 saturated heterocycles. The van der Waals surface area contributed by atoms with Gasteiger partial charge in [0.25, 0.3) is 0 Å². The predicted molar refractivity (Wildman–Crippen MR) is 74.6 cm³/mol. The molecular formula is C15H28N2O. The first kappa shape index (κ1) is 13.7. The average molecular weight is 252 g/mol. The summed E-state index contributed by atoms with van der Waals surface area (Å²) in [6.45, 7) is 1.74. The van der Waals surface area contributed by atoms with Crippen LogP contribution in [0.3, 0.4) is 0 Å². The number of urea groups is 1. The Morgan fingerprint density at radius 1 is 0.722 bits per heavy atom. The Labute approximate surface area is 111 Å². The molecule has 0 aliphatic heterocycles. The quantitative estimate of drug-likeness (QED) is 0.790. The topological polar surface area (TPSA) is 41.1 Å². The third-order valence-electron chi connectivity index (χ3n) is 4.55. The minimum absolute atomic E-state index is 0.0474. The fourth-order valence-corrected chi connectivity index (χ4v) is 3.32. The Hall–Kier alpha value is -0.730. The number of carbonyl (C=O) groups excluding carboxylic acids is 1. The first-order valence-corrected chi connectivity index (χ1v) is 7.86. The molecule has 0 unspecified atom stereocenters. The standard InChI is InChI=1S/C15H28N2O/c18-15(16-11-13-7-3-1-4-8-13)17-12-14-9-5-2-6-10-14/h13-14H,1-12H2,(H2,16,17,18). The molecule has 3 heteroatoms. The van der Waals surface area contributed by atoms with Crippen LogP contribution in [0.15, 0.2) is 0 Å². The zero-order valence-corrected chi connectivity index (χ0v) is 11.5. The summed E-state index contributed by atoms with van der Waals surface area (Å²) in [5.74, 6) is 1.44. The molecule has 0 bridgehead atoms. The molecule has 18 heavy (non-hydrogen) atoms. The number of nitrogens with one attached hydrogen (secondary N) is 2. The lowest BCUT2D eigenvalue weighted by molar-refractivity contribution is 0.232. The lowest BCUT2D eigenvalue weighted by Gasteiger charge is -2.23. The molecule has 2 fully saturated rings. The van der Waals surface area contributed by atoms with E-state index in [1.807, 2.05) is 0 Å². The van der Waals surface area contributed by atoms with Gasteiger partial charge in [-0.1, -0.05) is 38.5 Å². The lowest BCUT2D eigenvalue weighted by atomic mass is 9.89. The van der Waals surface area contributed by atoms with Crippen molar-refractivity contribution in [2.75, 3.05) is 13.1 Å². The third kappa shape index (κ3) is 4.87. The molecule has 2 N–H and O–H groups in total. The molecule has 2 saturated carbocycles. The van der Waals surface area contributed by atoms with Gasteiger partial charge in [0.2, 0.25) is 0 Å². The fourth-order valence-electron chi connectivity index (χ4n) is 3.32. The van der Waals surface area contributed by atoms with E-state index in [1.54, 1.807) is 0 Å². The molecular weight excluding hydrogens is 224 g/mol. The highest BCUT2D eigenvalue weighted by Crippen LogP contribution is 2.23. The summed E-state index contributed by atoms with van der Waals surface area (Å²) < 4.78 is 0. The highest BCUT2D eigenvalue weighted by molar-refractivity contribution is 5.73. The van der Waals surface area contributed by atoms with Gasteiger partial charge in [-0.05, 0) is 37.5 Å². The Morgan fingerprint density at radius 2 is 1.11 bits per heavy atom. The van der Waals surface area contributed by atoms with Crippen molar-refractivity contribution in [1.29, 1.82) is 0 Å². The minimum Gasteiger partial charge on any atom is -0.338 e. The van der Waals surface area contributed by atoms with Gasteiger partial charge in [0.05, 0.1) is 0 Å². The van der Waals surface area contributed by atoms with E-state index in [0.717, 1.165) is 24.9 Å². The number of amides is 2. The van der Waals surface area contributed by atoms with Crippen LogP contribution in [-0.2, 0) is 0 Å². The van der Waals surface area contributed by atoms with Crippen LogP contribution >= 0.6 is 0 Å². The van der Waals surface area contributed by atoms with Gasteiger partial charge < -0.3 is 10.6 Å². The number of carbonyl (C=O) groups is 1. The van der Waals surface area contributed by atoms with Crippen LogP contribution in [0.25, 0.3) is 0 Å². The normalized spacial score (nSPS) is 22.7. The van der Waals surface area contributed by atoms with E-state index < -0.39 is 0 Å². The lowest BCUT2D eigenvalue weighted by Crippen LogP contribution is -2.40. The Bertz CT molecular complexity index is 219. The van der Waals surface area contributed by atoms with Crippen molar-refractivity contribution < 1.29 is 4.79 Å². The van der Waals surface area contributed by atoms with E-state index >= 15 is 0 Å². The molecule has 104 valence electrons. The Kier molecular flexibility index (Phi) is 5.82. The first-order valence-electron chi connectivity index (χ1n) is 7.86. The Balaban J connectivity index is 1.54. The summed E-state index contributed by atoms with van der Waals surface area (Å²) in [7, 11) is 0. The average Bonchev–Trinajstić information content (AvgIpc) is 2.45. The van der Waals surface area contributed by atoms with Gasteiger partial charge in [-0.25, -0.2) is 4.79 Å². The van der Waals surface area contributed by atoms with Gasteiger partial charge in [-0.2, -0.15) is 0 Å². The van der Waals surface area contributed by atoms with Crippen LogP contribution in [-0.4, -0.2) is 19.1 Å². The number of rotatable bonds is 4. The van der Waals surface area contributed by atoms with Crippen molar-refractivity contribution in [3.63, 3.8) is 0 Å². The van der Waals surface area contributed by atoms with Crippen LogP contribution in [0.2, 0.25) is 0 Å². The highest BCUT2D eigenvalue weighted by Gasteiger charge is 2.16. The summed E-state index contributed by atoms with van der Waals surface area (Å²) in [5.41, 5.74) is 0. The van der Waals surface area contributed by atoms with Crippen molar-refractivity contribution in [2.24, 2.45) is 11.8 Å². The molecule has 0 atom stereocenters. The molecule has 0 aromatic heterocycles. The van der Waals surface area contributed by atoms with E-state index in [1.165, 1.54) is 64.2 Å². The monoisotopic (exact) mass is 252 g/mol. The van der Waals surface area contributed by atoms with Gasteiger partial charge in [0, 0.05) is 13.1 Å². The molecule has 2 aliphatic rings. The van der Waals surface area contributed by atoms with Gasteiger partial charge >= 0.3 is 6.03 Å². The maximum absolute atomic E-state index is 11.7. The number of hydrogen-bond donors (Lipinski definition) is 2. The fraction of sp³-hybridized carbons (Fsp3) is 0.933. The molecule has 0 heterocycles. The zero-order valence-electron chi connectivity index (χ0n) is 11.5. The minimum atomic E-state index is 0.0474. The van der Waals surface area contributed by atoms with Crippen LogP contribution in [0.1, 0.15) is 64.2 Å². The largest absolute Gasteiger partial charge is 0.338 e. The molecule has 3 nitrogen and oxygen atoms in total. The molecule has 0 spiro atoms. The van der Waals surface area contributed by atoms with Crippen molar-refractivity contribution in [1.82, 2.24) is 10.6 Å². The summed E-state index contributed by atoms with van der Waals surface area (Å²) in [5, 5.41) is 6.08. The van der Waals surface area contributed by atoms with E-state index in [-0.39, 0.29) is 6.03 Å². The highest BCUT2D eigenvalue weighted by atomic mass is 16.2. The van der Waals surface area contributed by atoms with Crippen molar-refractivity contribution in [3.05, 3.63) is 0 Å². The van der Waals surface area contributed by atoms with Crippen LogP contribution in [0.5, 0.6) is 0 Å². The number of hydrogen-bond acceptors (Lipinski definition) is 1. The van der Waals surface area contributed by atoms with E-state index in [4.69, 9.17) is 0 Å². The summed E-state index contributed by atoms with van der Waals surface area (Å²) in [6, 6.07) is 0.0474. The van der Waals surface area contributed by atoms with Gasteiger partial charge in [0.1, 0.15) is 0 Å². The molecule has 0 aromatic carbocycles. The second-order valence-corrected chi connectivity index (χ2v) is 6.10. The third-order valence-corrected chi connectivity index (χ3v) is 4.55. The maximum Gasteiger partial charge on any atom is 0.314 e. The second-order valence-electron chi connectivity index (χ2n) is 6.10. The van der Waals surface area contributed by atoms with Crippen LogP contribution < -0.4 is 10.6 Å². The van der Waals surface area contributed by atoms with Crippen molar-refractivity contribution in [2.45, 2.75) is 64.2 Å². The Morgan fingerprint density at radius 3 is 1.50 bits per heavy atom. The van der Waals surface area contributed by atoms with Crippen molar-refractivity contribution >= 4 is 6.03 Å². The van der Waals surface area contributed by atoms with Crippen molar-refractivity contribution in [3.8, 4) is 0 Å². The summed E-state index contributed by atoms with van der Waals surface area (Å²) in [6.07, 6.45) is 13.3. The SMILES string of the molecule is O=C(NCC1CCCCC1)NCC1CCCCC1. The smallest absolute Gasteiger partial charge is 0.314 e. The molecule has 0 radical (unpaired) electrons. The van der Waals surface area contributed by atoms with E-state index in [2.05, 4.69) is 10.6 Å². The molecule has 2 rings (SSSR count). The maximum atomic E-state index is 11.7. The summed E-state index contributed by atoms with van der Waals surface area (Å²) >= 11 is 0. The first-order chi connectivity index (χ1) is 8.84. The van der Waals surface area contributed by atoms with Gasteiger partial charge in [-0.3, -0.25) is 0 Å². The molecule has 2 aliphatic carbocycles. The van der Waals surface area contributed by atoms with Gasteiger partial charge in [0.15, 0.2) is 0 Å². The predicted octanol–water partition coefficient (Wildman–Crippen LogP) is 3.45. The molecule has 0 aromatic rings. The second kappa shape index (κ2) is 7.65. The van der Waals surface area contributed by atoms with Crippen LogP contribution in [0, 0.1) is 11.8 Å².